The predicted octanol–water partition coefficient (Wildman–Crippen LogP) is 2.91. The van der Waals surface area contributed by atoms with Gasteiger partial charge in [0.2, 0.25) is 11.8 Å². The molecule has 5 nitrogen and oxygen atoms in total. The highest BCUT2D eigenvalue weighted by molar-refractivity contribution is 6.31. The number of rotatable bonds is 5. The normalized spacial score (nSPS) is 10.3. The van der Waals surface area contributed by atoms with Crippen molar-refractivity contribution in [2.45, 2.75) is 20.4 Å². The summed E-state index contributed by atoms with van der Waals surface area (Å²) in [6, 6.07) is 8.75. The molecule has 0 radical (unpaired) electrons. The summed E-state index contributed by atoms with van der Waals surface area (Å²) in [6.45, 7) is 3.49. The van der Waals surface area contributed by atoms with Gasteiger partial charge in [0.05, 0.1) is 12.8 Å². The Bertz CT molecular complexity index is 668. The molecule has 0 saturated heterocycles. The molecular formula is C16H17ClN2O3. The van der Waals surface area contributed by atoms with E-state index in [1.54, 1.807) is 30.5 Å². The zero-order chi connectivity index (χ0) is 16.1. The first-order chi connectivity index (χ1) is 10.5. The molecule has 0 aliphatic heterocycles. The fourth-order valence-electron chi connectivity index (χ4n) is 2.04. The summed E-state index contributed by atoms with van der Waals surface area (Å²) in [5.74, 6) is 0.158. The van der Waals surface area contributed by atoms with Gasteiger partial charge in [0.25, 0.3) is 0 Å². The number of benzene rings is 1. The van der Waals surface area contributed by atoms with E-state index in [2.05, 4.69) is 5.32 Å². The number of halogens is 1. The van der Waals surface area contributed by atoms with Crippen LogP contribution in [0.5, 0.6) is 0 Å². The van der Waals surface area contributed by atoms with Gasteiger partial charge in [-0.15, -0.1) is 0 Å². The molecule has 1 aromatic heterocycles. The van der Waals surface area contributed by atoms with E-state index in [1.807, 2.05) is 13.0 Å². The Kier molecular flexibility index (Phi) is 5.22. The summed E-state index contributed by atoms with van der Waals surface area (Å²) in [7, 11) is 0. The van der Waals surface area contributed by atoms with Crippen LogP contribution in [0, 0.1) is 6.92 Å². The molecule has 0 bridgehead atoms. The summed E-state index contributed by atoms with van der Waals surface area (Å²) in [5, 5.41) is 3.23. The summed E-state index contributed by atoms with van der Waals surface area (Å²) >= 11 is 5.98. The Labute approximate surface area is 133 Å². The van der Waals surface area contributed by atoms with Gasteiger partial charge in [-0.2, -0.15) is 0 Å². The lowest BCUT2D eigenvalue weighted by atomic mass is 10.1. The van der Waals surface area contributed by atoms with Gasteiger partial charge < -0.3 is 14.6 Å². The van der Waals surface area contributed by atoms with Crippen molar-refractivity contribution in [1.82, 2.24) is 5.32 Å². The average molecular weight is 321 g/mol. The van der Waals surface area contributed by atoms with E-state index < -0.39 is 0 Å². The third-order valence-electron chi connectivity index (χ3n) is 3.18. The van der Waals surface area contributed by atoms with Gasteiger partial charge in [0.15, 0.2) is 0 Å². The number of nitrogens with zero attached hydrogens (tertiary/aromatic N) is 1. The molecule has 0 aliphatic carbocycles. The molecule has 6 heteroatoms. The van der Waals surface area contributed by atoms with Crippen molar-refractivity contribution >= 4 is 29.1 Å². The lowest BCUT2D eigenvalue weighted by Crippen LogP contribution is -2.39. The second-order valence-electron chi connectivity index (χ2n) is 4.89. The number of aryl methyl sites for hydroxylation is 1. The number of hydrogen-bond donors (Lipinski definition) is 1. The Balaban J connectivity index is 2.07. The highest BCUT2D eigenvalue weighted by Crippen LogP contribution is 2.24. The Morgan fingerprint density at radius 1 is 1.32 bits per heavy atom. The van der Waals surface area contributed by atoms with Gasteiger partial charge in [-0.1, -0.05) is 17.7 Å². The quantitative estimate of drug-likeness (QED) is 0.921. The van der Waals surface area contributed by atoms with Crippen LogP contribution in [0.3, 0.4) is 0 Å². The number of furan rings is 1. The van der Waals surface area contributed by atoms with E-state index in [0.717, 1.165) is 5.56 Å². The monoisotopic (exact) mass is 320 g/mol. The molecule has 22 heavy (non-hydrogen) atoms. The molecule has 1 heterocycles. The number of anilines is 1. The lowest BCUT2D eigenvalue weighted by molar-refractivity contribution is -0.123. The minimum atomic E-state index is -0.272. The van der Waals surface area contributed by atoms with Gasteiger partial charge in [-0.3, -0.25) is 9.59 Å². The van der Waals surface area contributed by atoms with E-state index in [-0.39, 0.29) is 24.9 Å². The van der Waals surface area contributed by atoms with Crippen molar-refractivity contribution in [2.75, 3.05) is 11.4 Å². The summed E-state index contributed by atoms with van der Waals surface area (Å²) < 4.78 is 5.14. The molecule has 2 rings (SSSR count). The molecule has 0 spiro atoms. The topological polar surface area (TPSA) is 62.6 Å². The highest BCUT2D eigenvalue weighted by atomic mass is 35.5. The van der Waals surface area contributed by atoms with Gasteiger partial charge in [-0.25, -0.2) is 0 Å². The maximum atomic E-state index is 12.0. The molecule has 1 aromatic carbocycles. The Hall–Kier alpha value is -2.27. The van der Waals surface area contributed by atoms with Crippen molar-refractivity contribution < 1.29 is 14.0 Å². The van der Waals surface area contributed by atoms with Crippen LogP contribution in [0.15, 0.2) is 41.0 Å². The van der Waals surface area contributed by atoms with E-state index >= 15 is 0 Å². The summed E-state index contributed by atoms with van der Waals surface area (Å²) in [4.78, 5) is 25.3. The Morgan fingerprint density at radius 2 is 2.09 bits per heavy atom. The first-order valence-electron chi connectivity index (χ1n) is 6.80. The minimum absolute atomic E-state index is 0.0722. The van der Waals surface area contributed by atoms with E-state index in [4.69, 9.17) is 16.0 Å². The van der Waals surface area contributed by atoms with Crippen molar-refractivity contribution in [1.29, 1.82) is 0 Å². The molecule has 0 unspecified atom stereocenters. The van der Waals surface area contributed by atoms with Crippen LogP contribution >= 0.6 is 11.6 Å². The largest absolute Gasteiger partial charge is 0.467 e. The second-order valence-corrected chi connectivity index (χ2v) is 5.33. The molecule has 1 N–H and O–H groups in total. The molecule has 2 amide bonds. The van der Waals surface area contributed by atoms with Crippen LogP contribution in [-0.2, 0) is 16.1 Å². The lowest BCUT2D eigenvalue weighted by Gasteiger charge is -2.22. The van der Waals surface area contributed by atoms with E-state index in [1.165, 1.54) is 11.8 Å². The molecule has 0 fully saturated rings. The molecule has 0 atom stereocenters. The first-order valence-corrected chi connectivity index (χ1v) is 7.18. The number of nitrogens with one attached hydrogen (secondary N) is 1. The number of amides is 2. The highest BCUT2D eigenvalue weighted by Gasteiger charge is 2.18. The van der Waals surface area contributed by atoms with E-state index in [9.17, 15) is 9.59 Å². The van der Waals surface area contributed by atoms with Crippen LogP contribution < -0.4 is 10.2 Å². The maximum absolute atomic E-state index is 12.0. The van der Waals surface area contributed by atoms with Crippen molar-refractivity contribution in [3.05, 3.63) is 52.9 Å². The first kappa shape index (κ1) is 16.1. The SMILES string of the molecule is CC(=O)N(CC(=O)NCc1ccco1)c1cc(Cl)ccc1C. The fourth-order valence-corrected chi connectivity index (χ4v) is 2.20. The minimum Gasteiger partial charge on any atom is -0.467 e. The molecular weight excluding hydrogens is 304 g/mol. The van der Waals surface area contributed by atoms with Crippen LogP contribution in [0.1, 0.15) is 18.2 Å². The number of carbonyl (C=O) groups excluding carboxylic acids is 2. The smallest absolute Gasteiger partial charge is 0.240 e. The van der Waals surface area contributed by atoms with E-state index in [0.29, 0.717) is 16.5 Å². The number of carbonyl (C=O) groups is 2. The third-order valence-corrected chi connectivity index (χ3v) is 3.42. The van der Waals surface area contributed by atoms with Gasteiger partial charge in [0, 0.05) is 17.6 Å². The molecule has 116 valence electrons. The van der Waals surface area contributed by atoms with Crippen LogP contribution in [0.4, 0.5) is 5.69 Å². The third kappa shape index (κ3) is 4.11. The molecule has 0 saturated carbocycles. The number of hydrogen-bond acceptors (Lipinski definition) is 3. The van der Waals surface area contributed by atoms with Gasteiger partial charge >= 0.3 is 0 Å². The standard InChI is InChI=1S/C16H17ClN2O3/c1-11-5-6-13(17)8-15(11)19(12(2)20)10-16(21)18-9-14-4-3-7-22-14/h3-8H,9-10H2,1-2H3,(H,18,21). The fraction of sp³-hybridized carbons (Fsp3) is 0.250. The summed E-state index contributed by atoms with van der Waals surface area (Å²) in [6.07, 6.45) is 1.54. The zero-order valence-electron chi connectivity index (χ0n) is 12.4. The zero-order valence-corrected chi connectivity index (χ0v) is 13.2. The van der Waals surface area contributed by atoms with Crippen molar-refractivity contribution in [3.8, 4) is 0 Å². The van der Waals surface area contributed by atoms with Gasteiger partial charge in [-0.05, 0) is 36.8 Å². The van der Waals surface area contributed by atoms with Crippen LogP contribution in [0.2, 0.25) is 5.02 Å². The maximum Gasteiger partial charge on any atom is 0.240 e. The van der Waals surface area contributed by atoms with Crippen LogP contribution in [0.25, 0.3) is 0 Å². The predicted molar refractivity (Wildman–Crippen MR) is 84.8 cm³/mol. The molecule has 0 aliphatic rings. The van der Waals surface area contributed by atoms with Crippen molar-refractivity contribution in [3.63, 3.8) is 0 Å². The van der Waals surface area contributed by atoms with Gasteiger partial charge in [0.1, 0.15) is 12.3 Å². The molecule has 2 aromatic rings. The Morgan fingerprint density at radius 3 is 2.73 bits per heavy atom. The second kappa shape index (κ2) is 7.13. The summed E-state index contributed by atoms with van der Waals surface area (Å²) in [5.41, 5.74) is 1.51. The van der Waals surface area contributed by atoms with Crippen LogP contribution in [-0.4, -0.2) is 18.4 Å². The van der Waals surface area contributed by atoms with Crippen molar-refractivity contribution in [2.24, 2.45) is 0 Å². The average Bonchev–Trinajstić information content (AvgIpc) is 2.98.